The number of carbonyl (C=O) groups excluding carboxylic acids is 3. The van der Waals surface area contributed by atoms with Gasteiger partial charge in [-0.15, -0.1) is 11.3 Å². The van der Waals surface area contributed by atoms with E-state index < -0.39 is 54.2 Å². The fraction of sp³-hybridized carbons (Fsp3) is 0.361. The molecule has 3 aromatic carbocycles. The van der Waals surface area contributed by atoms with Gasteiger partial charge < -0.3 is 29.6 Å². The zero-order valence-electron chi connectivity index (χ0n) is 27.7. The number of rotatable bonds is 9. The van der Waals surface area contributed by atoms with Crippen LogP contribution in [-0.2, 0) is 44.3 Å². The van der Waals surface area contributed by atoms with E-state index in [1.807, 2.05) is 54.6 Å². The number of alkyl halides is 2. The number of nitrogens with one attached hydrogen (secondary N) is 1. The summed E-state index contributed by atoms with van der Waals surface area (Å²) in [7, 11) is -5.79. The fourth-order valence-electron chi connectivity index (χ4n) is 6.41. The molecule has 0 bridgehead atoms. The molecule has 2 aliphatic heterocycles. The minimum atomic E-state index is -5.79. The summed E-state index contributed by atoms with van der Waals surface area (Å²) in [5.41, 5.74) is -3.03. The molecule has 1 aromatic heterocycles. The van der Waals surface area contributed by atoms with E-state index in [1.165, 1.54) is 17.0 Å². The van der Waals surface area contributed by atoms with Crippen LogP contribution >= 0.6 is 18.9 Å². The molecule has 0 unspecified atom stereocenters. The van der Waals surface area contributed by atoms with Crippen LogP contribution in [0.1, 0.15) is 59.1 Å². The van der Waals surface area contributed by atoms with Crippen LogP contribution in [0.3, 0.4) is 0 Å². The molecule has 50 heavy (non-hydrogen) atoms. The summed E-state index contributed by atoms with van der Waals surface area (Å²) in [5.74, 6) is -1.28. The van der Waals surface area contributed by atoms with Crippen LogP contribution in [0.4, 0.5) is 8.78 Å². The second-order valence-corrected chi connectivity index (χ2v) is 16.6. The third-order valence-electron chi connectivity index (χ3n) is 9.15. The van der Waals surface area contributed by atoms with Crippen LogP contribution < -0.4 is 5.32 Å². The van der Waals surface area contributed by atoms with Gasteiger partial charge in [0.15, 0.2) is 0 Å². The summed E-state index contributed by atoms with van der Waals surface area (Å²) in [4.78, 5) is 64.0. The number of amides is 3. The van der Waals surface area contributed by atoms with E-state index in [4.69, 9.17) is 14.5 Å². The first kappa shape index (κ1) is 35.8. The quantitative estimate of drug-likeness (QED) is 0.180. The van der Waals surface area contributed by atoms with Gasteiger partial charge in [0.05, 0.1) is 17.6 Å². The summed E-state index contributed by atoms with van der Waals surface area (Å²) in [6, 6.07) is 20.0. The number of benzene rings is 3. The van der Waals surface area contributed by atoms with Gasteiger partial charge >= 0.3 is 13.3 Å². The first-order valence-corrected chi connectivity index (χ1v) is 18.6. The van der Waals surface area contributed by atoms with Gasteiger partial charge in [-0.1, -0.05) is 81.4 Å². The molecule has 0 aliphatic carbocycles. The maximum atomic E-state index is 14.5. The molecule has 3 amide bonds. The fourth-order valence-corrected chi connectivity index (χ4v) is 7.83. The number of likely N-dealkylation sites (tertiary alicyclic amines) is 1. The van der Waals surface area contributed by atoms with Crippen molar-refractivity contribution in [3.8, 4) is 0 Å². The van der Waals surface area contributed by atoms with Gasteiger partial charge in [0.2, 0.25) is 11.8 Å². The highest BCUT2D eigenvalue weighted by atomic mass is 32.1. The lowest BCUT2D eigenvalue weighted by molar-refractivity contribution is -0.146. The Hall–Kier alpha value is -4.00. The van der Waals surface area contributed by atoms with Crippen molar-refractivity contribution >= 4 is 46.7 Å². The van der Waals surface area contributed by atoms with Crippen LogP contribution in [0.2, 0.25) is 0 Å². The average Bonchev–Trinajstić information content (AvgIpc) is 3.81. The first-order chi connectivity index (χ1) is 23.5. The van der Waals surface area contributed by atoms with Gasteiger partial charge in [-0.05, 0) is 45.7 Å². The van der Waals surface area contributed by atoms with Crippen molar-refractivity contribution in [2.75, 3.05) is 6.54 Å². The number of hydrogen-bond acceptors (Lipinski definition) is 6. The zero-order chi connectivity index (χ0) is 36.0. The molecule has 10 nitrogen and oxygen atoms in total. The summed E-state index contributed by atoms with van der Waals surface area (Å²) in [5, 5.41) is 3.03. The van der Waals surface area contributed by atoms with Crippen molar-refractivity contribution in [3.63, 3.8) is 0 Å². The van der Waals surface area contributed by atoms with E-state index >= 15 is 0 Å². The third-order valence-corrected chi connectivity index (χ3v) is 11.3. The topological polar surface area (TPSA) is 136 Å². The molecule has 6 rings (SSSR count). The molecule has 1 saturated heterocycles. The molecule has 2 aliphatic rings. The van der Waals surface area contributed by atoms with Crippen molar-refractivity contribution in [2.24, 2.45) is 5.41 Å². The second kappa shape index (κ2) is 13.6. The highest BCUT2D eigenvalue weighted by molar-refractivity contribution is 7.52. The van der Waals surface area contributed by atoms with E-state index in [0.29, 0.717) is 24.4 Å². The van der Waals surface area contributed by atoms with Gasteiger partial charge in [-0.2, -0.15) is 8.78 Å². The Bertz CT molecular complexity index is 1950. The Balaban J connectivity index is 1.24. The Morgan fingerprint density at radius 2 is 1.62 bits per heavy atom. The largest absolute Gasteiger partial charge is 0.399 e. The third kappa shape index (κ3) is 7.24. The molecule has 3 heterocycles. The number of hydrogen-bond donors (Lipinski definition) is 3. The van der Waals surface area contributed by atoms with Crippen LogP contribution in [0.5, 0.6) is 0 Å². The van der Waals surface area contributed by atoms with Crippen LogP contribution in [0, 0.1) is 5.41 Å². The molecular formula is C36H38F2N3O7PS. The average molecular weight is 726 g/mol. The lowest BCUT2D eigenvalue weighted by atomic mass is 9.85. The maximum Gasteiger partial charge on any atom is 0.399 e. The van der Waals surface area contributed by atoms with Crippen molar-refractivity contribution in [1.82, 2.24) is 15.1 Å². The molecule has 1 fully saturated rings. The van der Waals surface area contributed by atoms with Crippen LogP contribution in [0.15, 0.2) is 78.9 Å². The van der Waals surface area contributed by atoms with E-state index in [-0.39, 0.29) is 29.1 Å². The van der Waals surface area contributed by atoms with Gasteiger partial charge in [0, 0.05) is 36.3 Å². The van der Waals surface area contributed by atoms with Gasteiger partial charge in [0.25, 0.3) is 5.91 Å². The monoisotopic (exact) mass is 725 g/mol. The number of fused-ring (bicyclic) bond motifs is 2. The van der Waals surface area contributed by atoms with E-state index in [1.54, 1.807) is 25.7 Å². The number of carbonyl (C=O) groups is 3. The Kier molecular flexibility index (Phi) is 9.75. The SMILES string of the molecule is CC(C)(C)[C@H](NC(=O)c1cc2cc(C(F)(F)P(=O)(O)O)ccc2s1)C(=O)N1C[C@H](OCc2ccccc2)C[C@H]1C(=O)N1Cc2ccccc2C1. The zero-order valence-corrected chi connectivity index (χ0v) is 29.4. The Morgan fingerprint density at radius 1 is 0.980 bits per heavy atom. The molecule has 0 saturated carbocycles. The van der Waals surface area contributed by atoms with Gasteiger partial charge in [0.1, 0.15) is 12.1 Å². The lowest BCUT2D eigenvalue weighted by Crippen LogP contribution is -2.57. The summed E-state index contributed by atoms with van der Waals surface area (Å²) < 4.78 is 46.9. The summed E-state index contributed by atoms with van der Waals surface area (Å²) in [6.07, 6.45) is -0.148. The summed E-state index contributed by atoms with van der Waals surface area (Å²) in [6.45, 7) is 6.69. The van der Waals surface area contributed by atoms with Gasteiger partial charge in [-0.3, -0.25) is 18.9 Å². The number of thiophene rings is 1. The van der Waals surface area contributed by atoms with Crippen molar-refractivity contribution < 1.29 is 42.3 Å². The molecule has 3 N–H and O–H groups in total. The normalized spacial score (nSPS) is 18.7. The predicted octanol–water partition coefficient (Wildman–Crippen LogP) is 6.00. The van der Waals surface area contributed by atoms with Crippen LogP contribution in [-0.4, -0.2) is 62.0 Å². The van der Waals surface area contributed by atoms with Crippen LogP contribution in [0.25, 0.3) is 10.1 Å². The Morgan fingerprint density at radius 3 is 2.24 bits per heavy atom. The maximum absolute atomic E-state index is 14.5. The lowest BCUT2D eigenvalue weighted by Gasteiger charge is -2.36. The summed E-state index contributed by atoms with van der Waals surface area (Å²) >= 11 is 0.993. The first-order valence-electron chi connectivity index (χ1n) is 16.1. The molecule has 4 aromatic rings. The van der Waals surface area contributed by atoms with Crippen molar-refractivity contribution in [3.05, 3.63) is 106 Å². The van der Waals surface area contributed by atoms with E-state index in [0.717, 1.165) is 40.2 Å². The van der Waals surface area contributed by atoms with Crippen molar-refractivity contribution in [2.45, 2.75) is 70.7 Å². The smallest absolute Gasteiger partial charge is 0.372 e. The molecule has 14 heteroatoms. The Labute approximate surface area is 292 Å². The van der Waals surface area contributed by atoms with E-state index in [2.05, 4.69) is 5.32 Å². The van der Waals surface area contributed by atoms with Gasteiger partial charge in [-0.25, -0.2) is 0 Å². The molecule has 0 spiro atoms. The molecule has 3 atom stereocenters. The molecule has 0 radical (unpaired) electrons. The van der Waals surface area contributed by atoms with Crippen molar-refractivity contribution in [1.29, 1.82) is 0 Å². The minimum absolute atomic E-state index is 0.117. The highest BCUT2D eigenvalue weighted by Gasteiger charge is 2.50. The molecular weight excluding hydrogens is 687 g/mol. The molecule has 264 valence electrons. The minimum Gasteiger partial charge on any atom is -0.372 e. The number of nitrogens with zero attached hydrogens (tertiary/aromatic N) is 2. The highest BCUT2D eigenvalue weighted by Crippen LogP contribution is 2.59. The predicted molar refractivity (Wildman–Crippen MR) is 184 cm³/mol. The second-order valence-electron chi connectivity index (χ2n) is 13.8. The van der Waals surface area contributed by atoms with E-state index in [9.17, 15) is 27.7 Å². The number of ether oxygens (including phenoxy) is 1. The number of halogens is 2. The standard InChI is InChI=1S/C36H38F2N3O7PS/c1-35(2,3)31(39-32(42)30-16-25-15-26(13-14-29(25)50-30)36(37,38)49(45,46)47)34(44)41-20-27(48-21-22-9-5-4-6-10-22)17-28(41)33(43)40-18-23-11-7-8-12-24(23)19-40/h4-16,27-28,31H,17-21H2,1-3H3,(H,39,42)(H2,45,46,47)/t27-,28+,31-/m1/s1.